The van der Waals surface area contributed by atoms with Gasteiger partial charge in [0.25, 0.3) is 0 Å². The zero-order valence-corrected chi connectivity index (χ0v) is 10.4. The SMILES string of the molecule is Cc1cnc(CNc2nc(N)ccc2[N+](=O)[O-])s1. The summed E-state index contributed by atoms with van der Waals surface area (Å²) in [6.07, 6.45) is 1.75. The summed E-state index contributed by atoms with van der Waals surface area (Å²) in [4.78, 5) is 19.5. The lowest BCUT2D eigenvalue weighted by Gasteiger charge is -2.04. The van der Waals surface area contributed by atoms with Gasteiger partial charge in [0, 0.05) is 17.1 Å². The molecule has 0 amide bonds. The third kappa shape index (κ3) is 2.72. The Kier molecular flexibility index (Phi) is 3.38. The first kappa shape index (κ1) is 12.2. The van der Waals surface area contributed by atoms with E-state index in [9.17, 15) is 10.1 Å². The highest BCUT2D eigenvalue weighted by atomic mass is 32.1. The van der Waals surface area contributed by atoms with Crippen molar-refractivity contribution in [1.29, 1.82) is 0 Å². The molecule has 0 unspecified atom stereocenters. The third-order valence-corrected chi connectivity index (χ3v) is 3.08. The van der Waals surface area contributed by atoms with E-state index in [1.807, 2.05) is 6.92 Å². The van der Waals surface area contributed by atoms with Gasteiger partial charge in [-0.05, 0) is 13.0 Å². The minimum Gasteiger partial charge on any atom is -0.384 e. The summed E-state index contributed by atoms with van der Waals surface area (Å²) in [7, 11) is 0. The van der Waals surface area contributed by atoms with Crippen LogP contribution in [-0.2, 0) is 6.54 Å². The van der Waals surface area contributed by atoms with Crippen LogP contribution in [0.15, 0.2) is 18.3 Å². The Bertz CT molecular complexity index is 583. The average molecular weight is 265 g/mol. The lowest BCUT2D eigenvalue weighted by atomic mass is 10.3. The lowest BCUT2D eigenvalue weighted by Crippen LogP contribution is -2.05. The second-order valence-corrected chi connectivity index (χ2v) is 4.90. The van der Waals surface area contributed by atoms with Gasteiger partial charge in [-0.3, -0.25) is 10.1 Å². The number of aryl methyl sites for hydroxylation is 1. The zero-order valence-electron chi connectivity index (χ0n) is 9.58. The van der Waals surface area contributed by atoms with E-state index in [-0.39, 0.29) is 17.3 Å². The second-order valence-electron chi connectivity index (χ2n) is 3.58. The molecule has 18 heavy (non-hydrogen) atoms. The summed E-state index contributed by atoms with van der Waals surface area (Å²) in [5.74, 6) is 0.395. The van der Waals surface area contributed by atoms with Crippen LogP contribution in [0.3, 0.4) is 0 Å². The molecule has 0 aromatic carbocycles. The molecular weight excluding hydrogens is 254 g/mol. The highest BCUT2D eigenvalue weighted by Crippen LogP contribution is 2.23. The summed E-state index contributed by atoms with van der Waals surface area (Å²) < 4.78 is 0. The highest BCUT2D eigenvalue weighted by Gasteiger charge is 2.15. The van der Waals surface area contributed by atoms with Crippen LogP contribution in [0.1, 0.15) is 9.88 Å². The summed E-state index contributed by atoms with van der Waals surface area (Å²) in [6.45, 7) is 2.33. The number of nitrogens with one attached hydrogen (secondary N) is 1. The van der Waals surface area contributed by atoms with Crippen molar-refractivity contribution < 1.29 is 4.92 Å². The predicted octanol–water partition coefficient (Wildman–Crippen LogP) is 1.95. The van der Waals surface area contributed by atoms with Gasteiger partial charge in [0.2, 0.25) is 5.82 Å². The molecule has 0 aliphatic heterocycles. The van der Waals surface area contributed by atoms with Crippen molar-refractivity contribution in [2.75, 3.05) is 11.1 Å². The van der Waals surface area contributed by atoms with Crippen LogP contribution in [-0.4, -0.2) is 14.9 Å². The van der Waals surface area contributed by atoms with Crippen LogP contribution in [0.25, 0.3) is 0 Å². The van der Waals surface area contributed by atoms with Gasteiger partial charge in [0.1, 0.15) is 10.8 Å². The summed E-state index contributed by atoms with van der Waals surface area (Å²) in [5.41, 5.74) is 5.41. The van der Waals surface area contributed by atoms with E-state index in [2.05, 4.69) is 15.3 Å². The number of nitrogen functional groups attached to an aromatic ring is 1. The van der Waals surface area contributed by atoms with E-state index in [0.29, 0.717) is 6.54 Å². The van der Waals surface area contributed by atoms with Crippen molar-refractivity contribution in [3.63, 3.8) is 0 Å². The molecule has 0 saturated heterocycles. The normalized spacial score (nSPS) is 10.3. The van der Waals surface area contributed by atoms with E-state index in [0.717, 1.165) is 9.88 Å². The van der Waals surface area contributed by atoms with Crippen molar-refractivity contribution in [2.24, 2.45) is 0 Å². The number of rotatable bonds is 4. The molecule has 0 aliphatic carbocycles. The number of nitrogens with two attached hydrogens (primary N) is 1. The van der Waals surface area contributed by atoms with Gasteiger partial charge in [-0.1, -0.05) is 0 Å². The maximum absolute atomic E-state index is 10.8. The van der Waals surface area contributed by atoms with Gasteiger partial charge in [0.05, 0.1) is 11.5 Å². The van der Waals surface area contributed by atoms with E-state index in [1.165, 1.54) is 23.5 Å². The van der Waals surface area contributed by atoms with Gasteiger partial charge < -0.3 is 11.1 Å². The Morgan fingerprint density at radius 2 is 2.33 bits per heavy atom. The molecule has 94 valence electrons. The Labute approximate surface area is 107 Å². The first-order valence-electron chi connectivity index (χ1n) is 5.12. The fourth-order valence-corrected chi connectivity index (χ4v) is 2.11. The van der Waals surface area contributed by atoms with Crippen LogP contribution in [0, 0.1) is 17.0 Å². The molecule has 2 heterocycles. The Morgan fingerprint density at radius 1 is 1.56 bits per heavy atom. The van der Waals surface area contributed by atoms with E-state index < -0.39 is 4.92 Å². The van der Waals surface area contributed by atoms with E-state index in [1.54, 1.807) is 6.20 Å². The Balaban J connectivity index is 2.17. The zero-order chi connectivity index (χ0) is 13.1. The molecule has 2 aromatic rings. The molecule has 7 nitrogen and oxygen atoms in total. The summed E-state index contributed by atoms with van der Waals surface area (Å²) in [5, 5.41) is 14.5. The third-order valence-electron chi connectivity index (χ3n) is 2.17. The van der Waals surface area contributed by atoms with Crippen LogP contribution in [0.5, 0.6) is 0 Å². The average Bonchev–Trinajstić information content (AvgIpc) is 2.72. The largest absolute Gasteiger partial charge is 0.384 e. The number of pyridine rings is 1. The first-order valence-corrected chi connectivity index (χ1v) is 5.94. The summed E-state index contributed by atoms with van der Waals surface area (Å²) in [6, 6.07) is 2.73. The first-order chi connectivity index (χ1) is 8.56. The number of nitro groups is 1. The molecule has 0 radical (unpaired) electrons. The molecular formula is C10H11N5O2S. The van der Waals surface area contributed by atoms with Crippen LogP contribution < -0.4 is 11.1 Å². The molecule has 0 saturated carbocycles. The fourth-order valence-electron chi connectivity index (χ4n) is 1.39. The van der Waals surface area contributed by atoms with Crippen LogP contribution in [0.2, 0.25) is 0 Å². The topological polar surface area (TPSA) is 107 Å². The summed E-state index contributed by atoms with van der Waals surface area (Å²) >= 11 is 1.52. The number of hydrogen-bond donors (Lipinski definition) is 2. The van der Waals surface area contributed by atoms with Gasteiger partial charge >= 0.3 is 5.69 Å². The molecule has 2 aromatic heterocycles. The highest BCUT2D eigenvalue weighted by molar-refractivity contribution is 7.11. The minimum absolute atomic E-state index is 0.0996. The minimum atomic E-state index is -0.498. The Hall–Kier alpha value is -2.22. The van der Waals surface area contributed by atoms with E-state index >= 15 is 0 Å². The van der Waals surface area contributed by atoms with Gasteiger partial charge in [-0.2, -0.15) is 0 Å². The van der Waals surface area contributed by atoms with Crippen LogP contribution in [0.4, 0.5) is 17.3 Å². The Morgan fingerprint density at radius 3 is 2.94 bits per heavy atom. The van der Waals surface area contributed by atoms with Gasteiger partial charge in [-0.25, -0.2) is 9.97 Å². The van der Waals surface area contributed by atoms with Gasteiger partial charge in [-0.15, -0.1) is 11.3 Å². The molecule has 2 rings (SSSR count). The molecule has 0 fully saturated rings. The van der Waals surface area contributed by atoms with Crippen molar-refractivity contribution in [1.82, 2.24) is 9.97 Å². The molecule has 0 spiro atoms. The molecule has 3 N–H and O–H groups in total. The number of hydrogen-bond acceptors (Lipinski definition) is 7. The molecule has 8 heteroatoms. The van der Waals surface area contributed by atoms with Crippen molar-refractivity contribution in [2.45, 2.75) is 13.5 Å². The van der Waals surface area contributed by atoms with Gasteiger partial charge in [0.15, 0.2) is 0 Å². The van der Waals surface area contributed by atoms with Crippen molar-refractivity contribution >= 4 is 28.7 Å². The van der Waals surface area contributed by atoms with Crippen molar-refractivity contribution in [3.8, 4) is 0 Å². The monoisotopic (exact) mass is 265 g/mol. The van der Waals surface area contributed by atoms with Crippen LogP contribution >= 0.6 is 11.3 Å². The lowest BCUT2D eigenvalue weighted by molar-refractivity contribution is -0.384. The quantitative estimate of drug-likeness (QED) is 0.646. The number of anilines is 2. The number of aromatic nitrogens is 2. The second kappa shape index (κ2) is 4.96. The maximum Gasteiger partial charge on any atom is 0.311 e. The molecule has 0 aliphatic rings. The fraction of sp³-hybridized carbons (Fsp3) is 0.200. The maximum atomic E-state index is 10.8. The number of thiazole rings is 1. The van der Waals surface area contributed by atoms with Crippen molar-refractivity contribution in [3.05, 3.63) is 38.3 Å². The standard InChI is InChI=1S/C10H11N5O2S/c1-6-4-12-9(18-6)5-13-10-7(15(16)17)2-3-8(11)14-10/h2-4H,5H2,1H3,(H3,11,13,14). The smallest absolute Gasteiger partial charge is 0.311 e. The van der Waals surface area contributed by atoms with E-state index in [4.69, 9.17) is 5.73 Å². The molecule has 0 bridgehead atoms. The predicted molar refractivity (Wildman–Crippen MR) is 69.5 cm³/mol. The number of nitrogens with zero attached hydrogens (tertiary/aromatic N) is 3. The molecule has 0 atom stereocenters.